The summed E-state index contributed by atoms with van der Waals surface area (Å²) in [7, 11) is 0. The smallest absolute Gasteiger partial charge is 0.0972 e. The lowest BCUT2D eigenvalue weighted by Crippen LogP contribution is -2.35. The van der Waals surface area contributed by atoms with Crippen molar-refractivity contribution in [3.8, 4) is 11.3 Å². The predicted molar refractivity (Wildman–Crippen MR) is 187 cm³/mol. The second-order valence-corrected chi connectivity index (χ2v) is 11.8. The van der Waals surface area contributed by atoms with E-state index in [1.165, 1.54) is 11.1 Å². The molecule has 5 heteroatoms. The van der Waals surface area contributed by atoms with E-state index < -0.39 is 0 Å². The number of hydrogen-bond donors (Lipinski definition) is 2. The van der Waals surface area contributed by atoms with Crippen molar-refractivity contribution in [1.82, 2.24) is 25.6 Å². The van der Waals surface area contributed by atoms with Gasteiger partial charge in [0.1, 0.15) is 0 Å². The second-order valence-electron chi connectivity index (χ2n) is 11.8. The van der Waals surface area contributed by atoms with Crippen molar-refractivity contribution in [2.75, 3.05) is 0 Å². The van der Waals surface area contributed by atoms with Crippen LogP contribution in [0.25, 0.3) is 44.3 Å². The van der Waals surface area contributed by atoms with E-state index in [1.54, 1.807) is 0 Å². The molecule has 0 spiro atoms. The van der Waals surface area contributed by atoms with E-state index in [1.807, 2.05) is 42.6 Å². The first kappa shape index (κ1) is 26.3. The number of aromatic nitrogens is 3. The molecule has 3 aromatic heterocycles. The van der Waals surface area contributed by atoms with E-state index >= 15 is 0 Å². The summed E-state index contributed by atoms with van der Waals surface area (Å²) in [5.41, 5.74) is 12.6. The maximum Gasteiger partial charge on any atom is 0.0972 e. The third-order valence-corrected chi connectivity index (χ3v) is 8.97. The van der Waals surface area contributed by atoms with Crippen LogP contribution in [0.5, 0.6) is 0 Å². The molecule has 2 N–H and O–H groups in total. The summed E-state index contributed by atoms with van der Waals surface area (Å²) in [6.07, 6.45) is 23.8. The van der Waals surface area contributed by atoms with Crippen LogP contribution in [-0.4, -0.2) is 27.0 Å². The monoisotopic (exact) mass is 591 g/mol. The summed E-state index contributed by atoms with van der Waals surface area (Å²) in [5.74, 6) is 0. The number of nitrogens with zero attached hydrogens (tertiary/aromatic N) is 3. The van der Waals surface area contributed by atoms with Gasteiger partial charge >= 0.3 is 0 Å². The number of pyridine rings is 3. The van der Waals surface area contributed by atoms with Gasteiger partial charge in [0.15, 0.2) is 0 Å². The second kappa shape index (κ2) is 10.8. The first-order chi connectivity index (χ1) is 22.7. The van der Waals surface area contributed by atoms with Crippen molar-refractivity contribution in [2.24, 2.45) is 0 Å². The highest BCUT2D eigenvalue weighted by molar-refractivity contribution is 6.04. The lowest BCUT2D eigenvalue weighted by atomic mass is 9.89. The Morgan fingerprint density at radius 2 is 1.09 bits per heavy atom. The minimum atomic E-state index is 0.0438. The Morgan fingerprint density at radius 3 is 1.83 bits per heavy atom. The molecule has 0 radical (unpaired) electrons. The van der Waals surface area contributed by atoms with Crippen LogP contribution in [0.4, 0.5) is 0 Å². The summed E-state index contributed by atoms with van der Waals surface area (Å²) in [4.78, 5) is 14.8. The van der Waals surface area contributed by atoms with E-state index in [0.717, 1.165) is 67.0 Å². The van der Waals surface area contributed by atoms with Gasteiger partial charge in [-0.25, -0.2) is 9.97 Å². The normalized spacial score (nSPS) is 19.8. The molecule has 5 aromatic rings. The highest BCUT2D eigenvalue weighted by atomic mass is 15.0. The summed E-state index contributed by atoms with van der Waals surface area (Å²) in [6.45, 7) is 0. The molecule has 0 fully saturated rings. The lowest BCUT2D eigenvalue weighted by molar-refractivity contribution is 0.748. The number of rotatable bonds is 4. The first-order valence-electron chi connectivity index (χ1n) is 15.6. The van der Waals surface area contributed by atoms with Gasteiger partial charge in [-0.05, 0) is 70.9 Å². The Hall–Kier alpha value is -6.07. The fraction of sp³-hybridized carbons (Fsp3) is 0.0488. The van der Waals surface area contributed by atoms with E-state index in [-0.39, 0.29) is 12.1 Å². The van der Waals surface area contributed by atoms with Crippen LogP contribution in [-0.2, 0) is 0 Å². The van der Waals surface area contributed by atoms with Crippen molar-refractivity contribution in [1.29, 1.82) is 0 Å². The van der Waals surface area contributed by atoms with Gasteiger partial charge in [-0.2, -0.15) is 0 Å². The van der Waals surface area contributed by atoms with Gasteiger partial charge in [0.2, 0.25) is 0 Å². The standard InChI is InChI=1S/C41H29N5/c1-2-6-26(7-3-1)33-20-17-29-11-12-30-18-21-35(46-41(30)40(29)45-33)32-14-10-27-15-19-34(43-38(27)25-32)31-13-9-28-16-22-37(44-39(28)24-31)36-8-4-5-23-42-36/h1-25,38-39,43-44H. The van der Waals surface area contributed by atoms with Crippen molar-refractivity contribution in [3.05, 3.63) is 186 Å². The molecule has 5 nitrogen and oxygen atoms in total. The molecule has 0 saturated heterocycles. The summed E-state index contributed by atoms with van der Waals surface area (Å²) in [6, 6.07) is 29.2. The van der Waals surface area contributed by atoms with E-state index in [2.05, 4.69) is 125 Å². The fourth-order valence-corrected chi connectivity index (χ4v) is 6.51. The zero-order valence-corrected chi connectivity index (χ0v) is 24.9. The van der Waals surface area contributed by atoms with E-state index in [0.29, 0.717) is 0 Å². The Kier molecular flexibility index (Phi) is 6.20. The van der Waals surface area contributed by atoms with Crippen LogP contribution in [0.2, 0.25) is 0 Å². The van der Waals surface area contributed by atoms with Gasteiger partial charge in [0.05, 0.1) is 45.9 Å². The van der Waals surface area contributed by atoms with E-state index in [4.69, 9.17) is 9.97 Å². The third-order valence-electron chi connectivity index (χ3n) is 8.97. The molecule has 0 amide bonds. The molecule has 9 rings (SSSR count). The molecule has 5 heterocycles. The van der Waals surface area contributed by atoms with Crippen molar-refractivity contribution < 1.29 is 0 Å². The zero-order valence-electron chi connectivity index (χ0n) is 24.9. The zero-order chi connectivity index (χ0) is 30.5. The van der Waals surface area contributed by atoms with Crippen LogP contribution in [0.3, 0.4) is 0 Å². The van der Waals surface area contributed by atoms with Crippen LogP contribution in [0.15, 0.2) is 174 Å². The maximum atomic E-state index is 5.19. The maximum absolute atomic E-state index is 5.19. The largest absolute Gasteiger partial charge is 0.374 e. The third kappa shape index (κ3) is 4.70. The Morgan fingerprint density at radius 1 is 0.478 bits per heavy atom. The Labute approximate surface area is 267 Å². The van der Waals surface area contributed by atoms with Crippen LogP contribution in [0.1, 0.15) is 11.4 Å². The summed E-state index contributed by atoms with van der Waals surface area (Å²) >= 11 is 0. The number of fused-ring (bicyclic) bond motifs is 5. The Bertz CT molecular complexity index is 2300. The molecule has 0 bridgehead atoms. The van der Waals surface area contributed by atoms with E-state index in [9.17, 15) is 0 Å². The highest BCUT2D eigenvalue weighted by Gasteiger charge is 2.24. The predicted octanol–water partition coefficient (Wildman–Crippen LogP) is 8.02. The molecule has 2 aliphatic heterocycles. The van der Waals surface area contributed by atoms with Crippen LogP contribution < -0.4 is 10.6 Å². The first-order valence-corrected chi connectivity index (χ1v) is 15.6. The molecule has 0 saturated carbocycles. The topological polar surface area (TPSA) is 62.7 Å². The van der Waals surface area contributed by atoms with Crippen molar-refractivity contribution in [3.63, 3.8) is 0 Å². The van der Waals surface area contributed by atoms with Gasteiger partial charge in [0.25, 0.3) is 0 Å². The fourth-order valence-electron chi connectivity index (χ4n) is 6.51. The number of nitrogens with one attached hydrogen (secondary N) is 2. The van der Waals surface area contributed by atoms with Gasteiger partial charge in [-0.3, -0.25) is 4.98 Å². The molecule has 2 atom stereocenters. The Balaban J connectivity index is 1.00. The number of dihydropyridines is 2. The van der Waals surface area contributed by atoms with Crippen LogP contribution in [0, 0.1) is 0 Å². The van der Waals surface area contributed by atoms with Gasteiger partial charge in [-0.1, -0.05) is 97.1 Å². The number of allylic oxidation sites excluding steroid dienone is 7. The minimum absolute atomic E-state index is 0.0438. The number of benzene rings is 2. The molecule has 2 aliphatic carbocycles. The molecule has 218 valence electrons. The number of hydrogen-bond acceptors (Lipinski definition) is 5. The molecule has 2 aromatic carbocycles. The van der Waals surface area contributed by atoms with Gasteiger partial charge in [0, 0.05) is 28.2 Å². The average molecular weight is 592 g/mol. The molecule has 4 aliphatic rings. The van der Waals surface area contributed by atoms with Crippen LogP contribution >= 0.6 is 0 Å². The van der Waals surface area contributed by atoms with Crippen molar-refractivity contribution in [2.45, 2.75) is 12.1 Å². The highest BCUT2D eigenvalue weighted by Crippen LogP contribution is 2.32. The molecule has 46 heavy (non-hydrogen) atoms. The average Bonchev–Trinajstić information content (AvgIpc) is 3.14. The quantitative estimate of drug-likeness (QED) is 0.207. The van der Waals surface area contributed by atoms with Gasteiger partial charge in [-0.15, -0.1) is 0 Å². The minimum Gasteiger partial charge on any atom is -0.374 e. The van der Waals surface area contributed by atoms with Crippen molar-refractivity contribution >= 4 is 33.1 Å². The molecular weight excluding hydrogens is 562 g/mol. The molecule has 2 unspecified atom stereocenters. The lowest BCUT2D eigenvalue weighted by Gasteiger charge is -2.30. The van der Waals surface area contributed by atoms with Gasteiger partial charge < -0.3 is 10.6 Å². The summed E-state index contributed by atoms with van der Waals surface area (Å²) < 4.78 is 0. The summed E-state index contributed by atoms with van der Waals surface area (Å²) in [5, 5.41) is 9.61. The SMILES string of the molecule is C1=CC2=CC=C(c3ccccn3)NC2C=C1C1=CC=C2C=CC(c3ccc4ccc5ccc(-c6ccccc6)nc5c4n3)=CC2N1. The molecular formula is C41H29N5.